The maximum absolute atomic E-state index is 12.9. The van der Waals surface area contributed by atoms with Gasteiger partial charge in [-0.15, -0.1) is 0 Å². The van der Waals surface area contributed by atoms with E-state index in [1.165, 1.54) is 0 Å². The third-order valence-electron chi connectivity index (χ3n) is 4.82. The fourth-order valence-electron chi connectivity index (χ4n) is 3.46. The summed E-state index contributed by atoms with van der Waals surface area (Å²) in [5.41, 5.74) is 0.961. The van der Waals surface area contributed by atoms with Crippen LogP contribution in [0.25, 0.3) is 10.9 Å². The highest BCUT2D eigenvalue weighted by Gasteiger charge is 2.15. The van der Waals surface area contributed by atoms with Crippen molar-refractivity contribution >= 4 is 34.2 Å². The Kier molecular flexibility index (Phi) is 5.11. The number of anilines is 2. The number of carbonyl (C=O) groups is 2. The standard InChI is InChI=1S/C20H21N5O4/c1-12-9-16(24-29-12)23-19(27)11-18(26)21-13-6-7-15-14(10-13)20(28)25-8-4-2-3-5-17(25)22-15/h6-7,9-10H,2-5,8,11H2,1H3,(H,21,26)(H,23,24,27). The summed E-state index contributed by atoms with van der Waals surface area (Å²) in [6.07, 6.45) is 3.48. The number of hydrogen-bond acceptors (Lipinski definition) is 6. The zero-order valence-electron chi connectivity index (χ0n) is 16.0. The zero-order chi connectivity index (χ0) is 20.4. The maximum atomic E-state index is 12.9. The molecule has 150 valence electrons. The quantitative estimate of drug-likeness (QED) is 0.655. The van der Waals surface area contributed by atoms with Crippen molar-refractivity contribution in [3.05, 3.63) is 46.2 Å². The number of carbonyl (C=O) groups excluding carboxylic acids is 2. The van der Waals surface area contributed by atoms with Gasteiger partial charge in [0.05, 0.1) is 10.9 Å². The summed E-state index contributed by atoms with van der Waals surface area (Å²) in [6.45, 7) is 2.36. The molecule has 1 aromatic carbocycles. The molecule has 0 fully saturated rings. The van der Waals surface area contributed by atoms with E-state index < -0.39 is 11.8 Å². The third-order valence-corrected chi connectivity index (χ3v) is 4.82. The Bertz CT molecular complexity index is 1150. The smallest absolute Gasteiger partial charge is 0.261 e. The van der Waals surface area contributed by atoms with Gasteiger partial charge in [-0.3, -0.25) is 19.0 Å². The van der Waals surface area contributed by atoms with E-state index in [1.807, 2.05) is 0 Å². The predicted octanol–water partition coefficient (Wildman–Crippen LogP) is 2.39. The molecule has 0 radical (unpaired) electrons. The second-order valence-electron chi connectivity index (χ2n) is 7.12. The highest BCUT2D eigenvalue weighted by atomic mass is 16.5. The van der Waals surface area contributed by atoms with Crippen molar-refractivity contribution in [2.45, 2.75) is 45.6 Å². The van der Waals surface area contributed by atoms with Crippen molar-refractivity contribution in [3.8, 4) is 0 Å². The van der Waals surface area contributed by atoms with Crippen LogP contribution < -0.4 is 16.2 Å². The minimum absolute atomic E-state index is 0.0952. The van der Waals surface area contributed by atoms with Gasteiger partial charge in [0, 0.05) is 24.7 Å². The fourth-order valence-corrected chi connectivity index (χ4v) is 3.46. The van der Waals surface area contributed by atoms with Crippen molar-refractivity contribution in [2.24, 2.45) is 0 Å². The van der Waals surface area contributed by atoms with Crippen LogP contribution in [0, 0.1) is 6.92 Å². The van der Waals surface area contributed by atoms with E-state index in [-0.39, 0.29) is 17.8 Å². The molecule has 0 saturated heterocycles. The molecule has 4 rings (SSSR count). The number of rotatable bonds is 4. The Morgan fingerprint density at radius 2 is 1.97 bits per heavy atom. The van der Waals surface area contributed by atoms with Gasteiger partial charge < -0.3 is 15.2 Å². The number of hydrogen-bond donors (Lipinski definition) is 2. The van der Waals surface area contributed by atoms with Gasteiger partial charge in [0.15, 0.2) is 5.82 Å². The Labute approximate surface area is 166 Å². The van der Waals surface area contributed by atoms with Crippen molar-refractivity contribution in [3.63, 3.8) is 0 Å². The minimum atomic E-state index is -0.511. The molecule has 2 aromatic heterocycles. The molecule has 9 heteroatoms. The van der Waals surface area contributed by atoms with Crippen LogP contribution in [0.2, 0.25) is 0 Å². The first-order valence-electron chi connectivity index (χ1n) is 9.56. The summed E-state index contributed by atoms with van der Waals surface area (Å²) in [5.74, 6) is 0.620. The molecule has 0 atom stereocenters. The van der Waals surface area contributed by atoms with Gasteiger partial charge in [-0.1, -0.05) is 11.6 Å². The molecule has 1 aliphatic rings. The Balaban J connectivity index is 1.49. The van der Waals surface area contributed by atoms with Gasteiger partial charge in [0.2, 0.25) is 11.8 Å². The average Bonchev–Trinajstić information content (AvgIpc) is 2.94. The lowest BCUT2D eigenvalue weighted by Crippen LogP contribution is -2.25. The van der Waals surface area contributed by atoms with E-state index in [0.29, 0.717) is 28.9 Å². The molecule has 3 aromatic rings. The van der Waals surface area contributed by atoms with Crippen molar-refractivity contribution < 1.29 is 14.1 Å². The molecule has 0 bridgehead atoms. The maximum Gasteiger partial charge on any atom is 0.261 e. The van der Waals surface area contributed by atoms with Gasteiger partial charge in [0.25, 0.3) is 5.56 Å². The molecule has 1 aliphatic heterocycles. The lowest BCUT2D eigenvalue weighted by molar-refractivity contribution is -0.123. The molecule has 9 nitrogen and oxygen atoms in total. The summed E-state index contributed by atoms with van der Waals surface area (Å²) in [5, 5.41) is 9.25. The van der Waals surface area contributed by atoms with Gasteiger partial charge in [-0.2, -0.15) is 0 Å². The first-order valence-corrected chi connectivity index (χ1v) is 9.56. The molecular weight excluding hydrogens is 374 g/mol. The lowest BCUT2D eigenvalue weighted by Gasteiger charge is -2.11. The van der Waals surface area contributed by atoms with Gasteiger partial charge in [-0.05, 0) is 38.0 Å². The number of aryl methyl sites for hydroxylation is 2. The SMILES string of the molecule is Cc1cc(NC(=O)CC(=O)Nc2ccc3nc4n(c(=O)c3c2)CCCCC4)no1. The molecule has 29 heavy (non-hydrogen) atoms. The highest BCUT2D eigenvalue weighted by molar-refractivity contribution is 6.08. The number of amides is 2. The van der Waals surface area contributed by atoms with Crippen molar-refractivity contribution in [2.75, 3.05) is 10.6 Å². The number of nitrogens with zero attached hydrogens (tertiary/aromatic N) is 3. The fraction of sp³-hybridized carbons (Fsp3) is 0.350. The third kappa shape index (κ3) is 4.18. The molecule has 0 aliphatic carbocycles. The average molecular weight is 395 g/mol. The Morgan fingerprint density at radius 1 is 1.14 bits per heavy atom. The van der Waals surface area contributed by atoms with Crippen LogP contribution in [0.4, 0.5) is 11.5 Å². The highest BCUT2D eigenvalue weighted by Crippen LogP contribution is 2.18. The Hall–Kier alpha value is -3.49. The number of aromatic nitrogens is 3. The second-order valence-corrected chi connectivity index (χ2v) is 7.12. The van der Waals surface area contributed by atoms with Crippen LogP contribution in [0.1, 0.15) is 37.3 Å². The second kappa shape index (κ2) is 7.86. The molecule has 0 unspecified atom stereocenters. The van der Waals surface area contributed by atoms with Crippen LogP contribution >= 0.6 is 0 Å². The van der Waals surface area contributed by atoms with Crippen molar-refractivity contribution in [1.82, 2.24) is 14.7 Å². The molecule has 2 N–H and O–H groups in total. The van der Waals surface area contributed by atoms with Crippen LogP contribution in [0.15, 0.2) is 33.6 Å². The largest absolute Gasteiger partial charge is 0.360 e. The molecule has 0 saturated carbocycles. The number of nitrogens with one attached hydrogen (secondary N) is 2. The number of fused-ring (bicyclic) bond motifs is 2. The Morgan fingerprint density at radius 3 is 2.76 bits per heavy atom. The summed E-state index contributed by atoms with van der Waals surface area (Å²) < 4.78 is 6.59. The zero-order valence-corrected chi connectivity index (χ0v) is 16.0. The van der Waals surface area contributed by atoms with Crippen LogP contribution in [-0.2, 0) is 22.6 Å². The lowest BCUT2D eigenvalue weighted by atomic mass is 10.2. The van der Waals surface area contributed by atoms with E-state index in [2.05, 4.69) is 20.8 Å². The van der Waals surface area contributed by atoms with Gasteiger partial charge in [0.1, 0.15) is 18.0 Å². The predicted molar refractivity (Wildman–Crippen MR) is 107 cm³/mol. The molecule has 2 amide bonds. The first-order chi connectivity index (χ1) is 14.0. The minimum Gasteiger partial charge on any atom is -0.360 e. The van der Waals surface area contributed by atoms with Crippen LogP contribution in [-0.4, -0.2) is 26.5 Å². The topological polar surface area (TPSA) is 119 Å². The summed E-state index contributed by atoms with van der Waals surface area (Å²) in [7, 11) is 0. The van der Waals surface area contributed by atoms with Crippen LogP contribution in [0.5, 0.6) is 0 Å². The van der Waals surface area contributed by atoms with E-state index in [1.54, 1.807) is 35.8 Å². The van der Waals surface area contributed by atoms with E-state index in [4.69, 9.17) is 4.52 Å². The van der Waals surface area contributed by atoms with Crippen LogP contribution in [0.3, 0.4) is 0 Å². The monoisotopic (exact) mass is 395 g/mol. The normalized spacial score (nSPS) is 13.6. The van der Waals surface area contributed by atoms with E-state index >= 15 is 0 Å². The number of benzene rings is 1. The first kappa shape index (κ1) is 18.9. The molecular formula is C20H21N5O4. The van der Waals surface area contributed by atoms with Gasteiger partial charge >= 0.3 is 0 Å². The summed E-state index contributed by atoms with van der Waals surface area (Å²) >= 11 is 0. The van der Waals surface area contributed by atoms with Crippen molar-refractivity contribution in [1.29, 1.82) is 0 Å². The molecule has 3 heterocycles. The van der Waals surface area contributed by atoms with Gasteiger partial charge in [-0.25, -0.2) is 4.98 Å². The summed E-state index contributed by atoms with van der Waals surface area (Å²) in [4.78, 5) is 41.7. The summed E-state index contributed by atoms with van der Waals surface area (Å²) in [6, 6.07) is 6.57. The van der Waals surface area contributed by atoms with E-state index in [9.17, 15) is 14.4 Å². The molecule has 0 spiro atoms. The van der Waals surface area contributed by atoms with E-state index in [0.717, 1.165) is 31.5 Å².